The van der Waals surface area contributed by atoms with E-state index < -0.39 is 6.04 Å². The molecule has 1 aliphatic rings. The number of nitrogens with two attached hydrogens (primary N) is 1. The Kier molecular flexibility index (Phi) is 4.73. The summed E-state index contributed by atoms with van der Waals surface area (Å²) in [5.41, 5.74) is 5.80. The first-order valence-corrected chi connectivity index (χ1v) is 5.84. The summed E-state index contributed by atoms with van der Waals surface area (Å²) >= 11 is 0. The van der Waals surface area contributed by atoms with Crippen LogP contribution in [0.5, 0.6) is 0 Å². The number of amides is 2. The predicted molar refractivity (Wildman–Crippen MR) is 61.7 cm³/mol. The molecule has 0 saturated carbocycles. The Morgan fingerprint density at radius 3 is 2.75 bits per heavy atom. The standard InChI is InChI=1S/C11H21N3O2/c1-3-4-5-9(12)11(16)14-7-6-13(2)10(15)8-14/h9H,3-8,12H2,1-2H3. The van der Waals surface area contributed by atoms with Crippen molar-refractivity contribution in [3.05, 3.63) is 0 Å². The van der Waals surface area contributed by atoms with Crippen LogP contribution in [0.3, 0.4) is 0 Å². The SMILES string of the molecule is CCCCC(N)C(=O)N1CCN(C)C(=O)C1. The molecule has 1 atom stereocenters. The van der Waals surface area contributed by atoms with Crippen molar-refractivity contribution < 1.29 is 9.59 Å². The first-order valence-electron chi connectivity index (χ1n) is 5.84. The molecular formula is C11H21N3O2. The minimum Gasteiger partial charge on any atom is -0.342 e. The van der Waals surface area contributed by atoms with Crippen molar-refractivity contribution in [2.45, 2.75) is 32.2 Å². The zero-order valence-electron chi connectivity index (χ0n) is 10.1. The van der Waals surface area contributed by atoms with Gasteiger partial charge in [-0.1, -0.05) is 19.8 Å². The zero-order valence-corrected chi connectivity index (χ0v) is 10.1. The first kappa shape index (κ1) is 13.0. The lowest BCUT2D eigenvalue weighted by atomic mass is 10.1. The van der Waals surface area contributed by atoms with E-state index in [2.05, 4.69) is 6.92 Å². The lowest BCUT2D eigenvalue weighted by Gasteiger charge is -2.33. The summed E-state index contributed by atoms with van der Waals surface area (Å²) in [7, 11) is 1.75. The Bertz CT molecular complexity index is 268. The summed E-state index contributed by atoms with van der Waals surface area (Å²) in [5, 5.41) is 0. The van der Waals surface area contributed by atoms with Gasteiger partial charge in [-0.25, -0.2) is 0 Å². The van der Waals surface area contributed by atoms with Crippen molar-refractivity contribution in [3.63, 3.8) is 0 Å². The highest BCUT2D eigenvalue weighted by molar-refractivity contribution is 5.88. The molecule has 0 aromatic heterocycles. The molecule has 0 spiro atoms. The molecular weight excluding hydrogens is 206 g/mol. The molecule has 1 heterocycles. The number of carbonyl (C=O) groups excluding carboxylic acids is 2. The maximum absolute atomic E-state index is 11.9. The molecule has 0 radical (unpaired) electrons. The van der Waals surface area contributed by atoms with Gasteiger partial charge in [0, 0.05) is 20.1 Å². The summed E-state index contributed by atoms with van der Waals surface area (Å²) in [5.74, 6) is -0.0998. The van der Waals surface area contributed by atoms with Crippen LogP contribution >= 0.6 is 0 Å². The maximum atomic E-state index is 11.9. The van der Waals surface area contributed by atoms with Crippen LogP contribution in [0.25, 0.3) is 0 Å². The molecule has 1 saturated heterocycles. The first-order chi connectivity index (χ1) is 7.56. The Morgan fingerprint density at radius 1 is 1.50 bits per heavy atom. The molecule has 1 aliphatic heterocycles. The van der Waals surface area contributed by atoms with Crippen LogP contribution in [0, 0.1) is 0 Å². The lowest BCUT2D eigenvalue weighted by molar-refractivity contribution is -0.145. The highest BCUT2D eigenvalue weighted by Gasteiger charge is 2.27. The fourth-order valence-corrected chi connectivity index (χ4v) is 1.73. The van der Waals surface area contributed by atoms with Crippen LogP contribution in [0.2, 0.25) is 0 Å². The number of likely N-dealkylation sites (N-methyl/N-ethyl adjacent to an activating group) is 1. The van der Waals surface area contributed by atoms with Gasteiger partial charge in [-0.15, -0.1) is 0 Å². The smallest absolute Gasteiger partial charge is 0.241 e. The third-order valence-corrected chi connectivity index (χ3v) is 2.95. The van der Waals surface area contributed by atoms with Gasteiger partial charge in [0.15, 0.2) is 0 Å². The zero-order chi connectivity index (χ0) is 12.1. The van der Waals surface area contributed by atoms with Crippen molar-refractivity contribution >= 4 is 11.8 Å². The topological polar surface area (TPSA) is 66.6 Å². The van der Waals surface area contributed by atoms with E-state index in [1.807, 2.05) is 0 Å². The van der Waals surface area contributed by atoms with E-state index in [1.54, 1.807) is 16.8 Å². The molecule has 5 heteroatoms. The molecule has 0 aromatic carbocycles. The van der Waals surface area contributed by atoms with Gasteiger partial charge in [0.25, 0.3) is 0 Å². The molecule has 1 rings (SSSR count). The molecule has 0 aliphatic carbocycles. The summed E-state index contributed by atoms with van der Waals surface area (Å²) < 4.78 is 0. The van der Waals surface area contributed by atoms with E-state index in [9.17, 15) is 9.59 Å². The fraction of sp³-hybridized carbons (Fsp3) is 0.818. The van der Waals surface area contributed by atoms with E-state index in [-0.39, 0.29) is 18.4 Å². The van der Waals surface area contributed by atoms with E-state index in [4.69, 9.17) is 5.73 Å². The number of hydrogen-bond acceptors (Lipinski definition) is 3. The third kappa shape index (κ3) is 3.20. The molecule has 1 unspecified atom stereocenters. The Hall–Kier alpha value is -1.10. The van der Waals surface area contributed by atoms with Crippen LogP contribution in [0.1, 0.15) is 26.2 Å². The van der Waals surface area contributed by atoms with Crippen molar-refractivity contribution in [2.75, 3.05) is 26.7 Å². The van der Waals surface area contributed by atoms with E-state index >= 15 is 0 Å². The van der Waals surface area contributed by atoms with Gasteiger partial charge in [0.05, 0.1) is 12.6 Å². The second kappa shape index (κ2) is 5.84. The predicted octanol–water partition coefficient (Wildman–Crippen LogP) is -0.195. The van der Waals surface area contributed by atoms with Gasteiger partial charge in [-0.3, -0.25) is 9.59 Å². The van der Waals surface area contributed by atoms with Crippen molar-refractivity contribution in [1.29, 1.82) is 0 Å². The second-order valence-corrected chi connectivity index (χ2v) is 4.32. The highest BCUT2D eigenvalue weighted by Crippen LogP contribution is 2.06. The quantitative estimate of drug-likeness (QED) is 0.723. The summed E-state index contributed by atoms with van der Waals surface area (Å²) in [6, 6.07) is -0.448. The van der Waals surface area contributed by atoms with Crippen LogP contribution < -0.4 is 5.73 Å². The number of rotatable bonds is 4. The molecule has 0 bridgehead atoms. The third-order valence-electron chi connectivity index (χ3n) is 2.95. The average molecular weight is 227 g/mol. The normalized spacial score (nSPS) is 18.8. The fourth-order valence-electron chi connectivity index (χ4n) is 1.73. The molecule has 16 heavy (non-hydrogen) atoms. The van der Waals surface area contributed by atoms with Crippen molar-refractivity contribution in [3.8, 4) is 0 Å². The number of carbonyl (C=O) groups is 2. The van der Waals surface area contributed by atoms with Gasteiger partial charge in [-0.2, -0.15) is 0 Å². The molecule has 92 valence electrons. The second-order valence-electron chi connectivity index (χ2n) is 4.32. The van der Waals surface area contributed by atoms with Crippen LogP contribution in [-0.2, 0) is 9.59 Å². The lowest BCUT2D eigenvalue weighted by Crippen LogP contribution is -2.54. The van der Waals surface area contributed by atoms with Crippen molar-refractivity contribution in [1.82, 2.24) is 9.80 Å². The summed E-state index contributed by atoms with van der Waals surface area (Å²) in [6.07, 6.45) is 2.69. The molecule has 2 amide bonds. The molecule has 5 nitrogen and oxygen atoms in total. The van der Waals surface area contributed by atoms with Gasteiger partial charge in [-0.05, 0) is 6.42 Å². The van der Waals surface area contributed by atoms with Crippen LogP contribution in [0.4, 0.5) is 0 Å². The Morgan fingerprint density at radius 2 is 2.19 bits per heavy atom. The summed E-state index contributed by atoms with van der Waals surface area (Å²) in [4.78, 5) is 26.5. The largest absolute Gasteiger partial charge is 0.342 e. The van der Waals surface area contributed by atoms with Crippen LogP contribution in [-0.4, -0.2) is 54.3 Å². The number of nitrogens with zero attached hydrogens (tertiary/aromatic N) is 2. The van der Waals surface area contributed by atoms with Crippen molar-refractivity contribution in [2.24, 2.45) is 5.73 Å². The molecule has 1 fully saturated rings. The minimum absolute atomic E-state index is 0.0118. The number of hydrogen-bond donors (Lipinski definition) is 1. The Balaban J connectivity index is 2.45. The van der Waals surface area contributed by atoms with Gasteiger partial charge < -0.3 is 15.5 Å². The average Bonchev–Trinajstić information content (AvgIpc) is 2.28. The Labute approximate surface area is 96.6 Å². The molecule has 2 N–H and O–H groups in total. The number of piperazine rings is 1. The monoisotopic (exact) mass is 227 g/mol. The van der Waals surface area contributed by atoms with Crippen LogP contribution in [0.15, 0.2) is 0 Å². The minimum atomic E-state index is -0.448. The van der Waals surface area contributed by atoms with Gasteiger partial charge in [0.2, 0.25) is 11.8 Å². The highest BCUT2D eigenvalue weighted by atomic mass is 16.2. The van der Waals surface area contributed by atoms with Gasteiger partial charge >= 0.3 is 0 Å². The van der Waals surface area contributed by atoms with Gasteiger partial charge in [0.1, 0.15) is 0 Å². The van der Waals surface area contributed by atoms with E-state index in [1.165, 1.54) is 0 Å². The number of unbranched alkanes of at least 4 members (excludes halogenated alkanes) is 1. The maximum Gasteiger partial charge on any atom is 0.241 e. The van der Waals surface area contributed by atoms with E-state index in [0.29, 0.717) is 19.5 Å². The summed E-state index contributed by atoms with van der Waals surface area (Å²) in [6.45, 7) is 3.44. The molecule has 0 aromatic rings. The van der Waals surface area contributed by atoms with E-state index in [0.717, 1.165) is 12.8 Å².